The first-order chi connectivity index (χ1) is 9.24. The lowest BCUT2D eigenvalue weighted by molar-refractivity contribution is 0.121. The van der Waals surface area contributed by atoms with Crippen LogP contribution in [0.15, 0.2) is 54.6 Å². The molecule has 19 heavy (non-hydrogen) atoms. The molecule has 1 nitrogen and oxygen atoms in total. The highest BCUT2D eigenvalue weighted by Crippen LogP contribution is 2.11. The summed E-state index contributed by atoms with van der Waals surface area (Å²) in [5, 5.41) is 0.0190. The molecule has 0 saturated heterocycles. The van der Waals surface area contributed by atoms with Crippen LogP contribution in [0.5, 0.6) is 0 Å². The molecule has 2 aromatic rings. The van der Waals surface area contributed by atoms with Gasteiger partial charge in [-0.3, -0.25) is 0 Å². The van der Waals surface area contributed by atoms with Gasteiger partial charge in [0.15, 0.2) is 0 Å². The van der Waals surface area contributed by atoms with Crippen molar-refractivity contribution in [2.45, 2.75) is 25.3 Å². The molecule has 0 unspecified atom stereocenters. The maximum absolute atomic E-state index is 6.31. The Morgan fingerprint density at radius 2 is 1.74 bits per heavy atom. The molecule has 0 aliphatic rings. The first-order valence-corrected chi connectivity index (χ1v) is 6.99. The summed E-state index contributed by atoms with van der Waals surface area (Å²) in [7, 11) is 0. The van der Waals surface area contributed by atoms with Crippen LogP contribution >= 0.6 is 11.6 Å². The Hall–Kier alpha value is -1.31. The van der Waals surface area contributed by atoms with Gasteiger partial charge in [-0.15, -0.1) is 11.6 Å². The van der Waals surface area contributed by atoms with Crippen LogP contribution in [0.4, 0.5) is 0 Å². The molecule has 100 valence electrons. The molecule has 2 rings (SSSR count). The van der Waals surface area contributed by atoms with Crippen LogP contribution in [0.1, 0.15) is 16.7 Å². The molecule has 2 heteroatoms. The Bertz CT molecular complexity index is 496. The largest absolute Gasteiger partial charge is 0.375 e. The van der Waals surface area contributed by atoms with Crippen LogP contribution in [-0.2, 0) is 17.8 Å². The van der Waals surface area contributed by atoms with E-state index >= 15 is 0 Å². The van der Waals surface area contributed by atoms with Gasteiger partial charge in [-0.2, -0.15) is 0 Å². The predicted octanol–water partition coefficient (Wildman–Crippen LogP) is 4.36. The first kappa shape index (κ1) is 14.1. The van der Waals surface area contributed by atoms with Crippen LogP contribution in [0.25, 0.3) is 0 Å². The fourth-order valence-corrected chi connectivity index (χ4v) is 2.30. The summed E-state index contributed by atoms with van der Waals surface area (Å²) in [6.07, 6.45) is 0.845. The quantitative estimate of drug-likeness (QED) is 0.711. The van der Waals surface area contributed by atoms with Crippen molar-refractivity contribution in [3.05, 3.63) is 71.3 Å². The van der Waals surface area contributed by atoms with Crippen molar-refractivity contribution in [3.63, 3.8) is 0 Å². The Morgan fingerprint density at radius 1 is 1.00 bits per heavy atom. The highest BCUT2D eigenvalue weighted by Gasteiger charge is 2.06. The number of ether oxygens (including phenoxy) is 1. The van der Waals surface area contributed by atoms with E-state index in [0.717, 1.165) is 6.42 Å². The molecule has 0 spiro atoms. The summed E-state index contributed by atoms with van der Waals surface area (Å²) in [5.74, 6) is 0. The van der Waals surface area contributed by atoms with Crippen molar-refractivity contribution in [2.75, 3.05) is 6.61 Å². The van der Waals surface area contributed by atoms with Gasteiger partial charge in [-0.25, -0.2) is 0 Å². The Balaban J connectivity index is 1.74. The number of hydrogen-bond acceptors (Lipinski definition) is 1. The van der Waals surface area contributed by atoms with E-state index in [-0.39, 0.29) is 5.38 Å². The molecular weight excluding hydrogens is 256 g/mol. The fraction of sp³-hybridized carbons (Fsp3) is 0.294. The van der Waals surface area contributed by atoms with Gasteiger partial charge in [0, 0.05) is 0 Å². The van der Waals surface area contributed by atoms with E-state index in [0.29, 0.717) is 13.2 Å². The number of halogens is 1. The minimum Gasteiger partial charge on any atom is -0.375 e. The van der Waals surface area contributed by atoms with E-state index in [1.165, 1.54) is 16.7 Å². The van der Waals surface area contributed by atoms with Gasteiger partial charge < -0.3 is 4.74 Å². The second-order valence-corrected chi connectivity index (χ2v) is 5.41. The van der Waals surface area contributed by atoms with Crippen LogP contribution < -0.4 is 0 Å². The van der Waals surface area contributed by atoms with Crippen LogP contribution in [0.3, 0.4) is 0 Å². The maximum atomic E-state index is 6.31. The molecule has 0 amide bonds. The molecule has 1 atom stereocenters. The van der Waals surface area contributed by atoms with Gasteiger partial charge in [-0.05, 0) is 24.5 Å². The average molecular weight is 275 g/mol. The summed E-state index contributed by atoms with van der Waals surface area (Å²) < 4.78 is 5.65. The van der Waals surface area contributed by atoms with Crippen molar-refractivity contribution in [1.82, 2.24) is 0 Å². The minimum absolute atomic E-state index is 0.0190. The number of hydrogen-bond donors (Lipinski definition) is 0. The topological polar surface area (TPSA) is 9.23 Å². The first-order valence-electron chi connectivity index (χ1n) is 6.55. The van der Waals surface area contributed by atoms with Crippen molar-refractivity contribution in [3.8, 4) is 0 Å². The molecule has 0 aliphatic heterocycles. The summed E-state index contributed by atoms with van der Waals surface area (Å²) in [4.78, 5) is 0. The zero-order chi connectivity index (χ0) is 13.5. The normalized spacial score (nSPS) is 12.3. The van der Waals surface area contributed by atoms with E-state index in [1.807, 2.05) is 18.2 Å². The Kier molecular flexibility index (Phi) is 5.44. The number of rotatable bonds is 6. The maximum Gasteiger partial charge on any atom is 0.0717 e. The van der Waals surface area contributed by atoms with E-state index < -0.39 is 0 Å². The summed E-state index contributed by atoms with van der Waals surface area (Å²) in [6.45, 7) is 3.29. The van der Waals surface area contributed by atoms with E-state index in [2.05, 4.69) is 43.3 Å². The summed E-state index contributed by atoms with van der Waals surface area (Å²) in [6, 6.07) is 18.6. The third-order valence-corrected chi connectivity index (χ3v) is 3.23. The fourth-order valence-electron chi connectivity index (χ4n) is 2.03. The van der Waals surface area contributed by atoms with Crippen LogP contribution in [0, 0.1) is 6.92 Å². The molecule has 0 heterocycles. The van der Waals surface area contributed by atoms with E-state index in [4.69, 9.17) is 16.3 Å². The lowest BCUT2D eigenvalue weighted by atomic mass is 10.1. The minimum atomic E-state index is 0.0190. The third kappa shape index (κ3) is 5.06. The van der Waals surface area contributed by atoms with Crippen LogP contribution in [0.2, 0.25) is 0 Å². The molecule has 0 aliphatic carbocycles. The van der Waals surface area contributed by atoms with Gasteiger partial charge in [0.2, 0.25) is 0 Å². The predicted molar refractivity (Wildman–Crippen MR) is 80.6 cm³/mol. The van der Waals surface area contributed by atoms with Crippen LogP contribution in [-0.4, -0.2) is 12.0 Å². The highest BCUT2D eigenvalue weighted by atomic mass is 35.5. The van der Waals surface area contributed by atoms with E-state index in [9.17, 15) is 0 Å². The SMILES string of the molecule is Cc1cccc(C[C@H](Cl)COCc2ccccc2)c1. The highest BCUT2D eigenvalue weighted by molar-refractivity contribution is 6.20. The summed E-state index contributed by atoms with van der Waals surface area (Å²) in [5.41, 5.74) is 3.72. The Morgan fingerprint density at radius 3 is 2.47 bits per heavy atom. The lowest BCUT2D eigenvalue weighted by Gasteiger charge is -2.11. The molecule has 0 N–H and O–H groups in total. The molecule has 0 saturated carbocycles. The van der Waals surface area contributed by atoms with Crippen molar-refractivity contribution >= 4 is 11.6 Å². The van der Waals surface area contributed by atoms with Crippen molar-refractivity contribution < 1.29 is 4.74 Å². The van der Waals surface area contributed by atoms with Gasteiger partial charge >= 0.3 is 0 Å². The lowest BCUT2D eigenvalue weighted by Crippen LogP contribution is -2.12. The standard InChI is InChI=1S/C17H19ClO/c1-14-6-5-9-16(10-14)11-17(18)13-19-12-15-7-3-2-4-8-15/h2-10,17H,11-13H2,1H3/t17-/m0/s1. The molecule has 0 fully saturated rings. The average Bonchev–Trinajstić information content (AvgIpc) is 2.40. The second kappa shape index (κ2) is 7.32. The number of aryl methyl sites for hydroxylation is 1. The zero-order valence-electron chi connectivity index (χ0n) is 11.2. The second-order valence-electron chi connectivity index (χ2n) is 4.79. The number of alkyl halides is 1. The monoisotopic (exact) mass is 274 g/mol. The molecular formula is C17H19ClO. The summed E-state index contributed by atoms with van der Waals surface area (Å²) >= 11 is 6.31. The zero-order valence-corrected chi connectivity index (χ0v) is 11.9. The third-order valence-electron chi connectivity index (χ3n) is 2.95. The van der Waals surface area contributed by atoms with Crippen molar-refractivity contribution in [1.29, 1.82) is 0 Å². The number of benzene rings is 2. The molecule has 0 radical (unpaired) electrons. The molecule has 0 bridgehead atoms. The smallest absolute Gasteiger partial charge is 0.0717 e. The molecule has 0 aromatic heterocycles. The van der Waals surface area contributed by atoms with Crippen molar-refractivity contribution in [2.24, 2.45) is 0 Å². The molecule has 2 aromatic carbocycles. The Labute approximate surface area is 120 Å². The van der Waals surface area contributed by atoms with Gasteiger partial charge in [-0.1, -0.05) is 60.2 Å². The van der Waals surface area contributed by atoms with E-state index in [1.54, 1.807) is 0 Å². The van der Waals surface area contributed by atoms with Gasteiger partial charge in [0.25, 0.3) is 0 Å². The van der Waals surface area contributed by atoms with Gasteiger partial charge in [0.05, 0.1) is 18.6 Å². The van der Waals surface area contributed by atoms with Gasteiger partial charge in [0.1, 0.15) is 0 Å².